The molecule has 2 aliphatic heterocycles. The van der Waals surface area contributed by atoms with Gasteiger partial charge in [0.2, 0.25) is 18.1 Å². The number of nitrogens with one attached hydrogen (secondary N) is 1. The number of alkyl carbamates (subject to hydrolysis) is 1. The molecule has 14 nitrogen and oxygen atoms in total. The minimum Gasteiger partial charge on any atom is -0.460 e. The van der Waals surface area contributed by atoms with Gasteiger partial charge in [0.1, 0.15) is 49.2 Å². The van der Waals surface area contributed by atoms with Crippen molar-refractivity contribution in [3.8, 4) is 5.75 Å². The molecular weight excluding hydrogens is 483 g/mol. The maximum absolute atomic E-state index is 12.4. The van der Waals surface area contributed by atoms with Crippen LogP contribution in [0.4, 0.5) is 10.5 Å². The van der Waals surface area contributed by atoms with Gasteiger partial charge in [-0.2, -0.15) is 0 Å². The lowest BCUT2D eigenvalue weighted by Crippen LogP contribution is -2.60. The van der Waals surface area contributed by atoms with Gasteiger partial charge in [-0.25, -0.2) is 9.69 Å². The van der Waals surface area contributed by atoms with Crippen LogP contribution in [0.2, 0.25) is 0 Å². The highest BCUT2D eigenvalue weighted by molar-refractivity contribution is 6.58. The van der Waals surface area contributed by atoms with Gasteiger partial charge >= 0.3 is 6.09 Å². The van der Waals surface area contributed by atoms with Gasteiger partial charge in [-0.05, 0) is 17.7 Å². The van der Waals surface area contributed by atoms with Gasteiger partial charge in [0.25, 0.3) is 0 Å². The standard InChI is InChI=1S/C21H25BN2O12/c22-14(26)8-33-9-23-21(32)34-7-10-1-2-12(11(5-10)24-15(27)3-4-16(24)28)35-20-19(31)18(30)17(29)13(6-25)36-20/h1-2,5,13,17-20,25,29-31H,3-4,6-9H2,(H,23,32)/t13-,17+,18+,19-,20-/m1/s1. The average Bonchev–Trinajstić information content (AvgIpc) is 3.18. The van der Waals surface area contributed by atoms with E-state index < -0.39 is 67.5 Å². The maximum Gasteiger partial charge on any atom is 0.409 e. The Balaban J connectivity index is 1.75. The van der Waals surface area contributed by atoms with Crippen molar-refractivity contribution in [2.45, 2.75) is 50.2 Å². The largest absolute Gasteiger partial charge is 0.460 e. The van der Waals surface area contributed by atoms with E-state index in [1.165, 1.54) is 18.2 Å². The Hall–Kier alpha value is -3.08. The van der Waals surface area contributed by atoms with Gasteiger partial charge in [-0.15, -0.1) is 0 Å². The lowest BCUT2D eigenvalue weighted by Gasteiger charge is -2.39. The highest BCUT2D eigenvalue weighted by Crippen LogP contribution is 2.36. The first-order chi connectivity index (χ1) is 17.1. The van der Waals surface area contributed by atoms with E-state index >= 15 is 0 Å². The van der Waals surface area contributed by atoms with Gasteiger partial charge in [0.15, 0.2) is 7.85 Å². The van der Waals surface area contributed by atoms with Crippen LogP contribution in [0.5, 0.6) is 5.75 Å². The van der Waals surface area contributed by atoms with E-state index in [-0.39, 0.29) is 37.6 Å². The first-order valence-electron chi connectivity index (χ1n) is 10.8. The van der Waals surface area contributed by atoms with E-state index in [0.717, 1.165) is 4.90 Å². The zero-order valence-corrected chi connectivity index (χ0v) is 18.9. The summed E-state index contributed by atoms with van der Waals surface area (Å²) in [6.45, 7) is -1.68. The van der Waals surface area contributed by atoms with Crippen molar-refractivity contribution in [2.75, 3.05) is 24.8 Å². The summed E-state index contributed by atoms with van der Waals surface area (Å²) in [5, 5.41) is 41.8. The normalized spacial score (nSPS) is 26.1. The van der Waals surface area contributed by atoms with Crippen molar-refractivity contribution in [3.05, 3.63) is 23.8 Å². The molecule has 0 spiro atoms. The topological polar surface area (TPSA) is 201 Å². The number of carbonyl (C=O) groups is 4. The van der Waals surface area contributed by atoms with Crippen molar-refractivity contribution < 1.29 is 58.6 Å². The van der Waals surface area contributed by atoms with Crippen LogP contribution in [-0.2, 0) is 35.2 Å². The number of imide groups is 1. The summed E-state index contributed by atoms with van der Waals surface area (Å²) in [4.78, 5) is 48.1. The molecular formula is C21H25BN2O12. The predicted molar refractivity (Wildman–Crippen MR) is 117 cm³/mol. The van der Waals surface area contributed by atoms with Gasteiger partial charge in [-0.1, -0.05) is 6.07 Å². The van der Waals surface area contributed by atoms with Crippen LogP contribution in [0.3, 0.4) is 0 Å². The van der Waals surface area contributed by atoms with E-state index in [9.17, 15) is 39.6 Å². The molecule has 0 unspecified atom stereocenters. The van der Waals surface area contributed by atoms with Crippen LogP contribution >= 0.6 is 0 Å². The van der Waals surface area contributed by atoms with E-state index in [4.69, 9.17) is 26.8 Å². The molecule has 0 bridgehead atoms. The molecule has 2 saturated heterocycles. The molecule has 2 heterocycles. The molecule has 1 aromatic rings. The minimum atomic E-state index is -1.72. The number of anilines is 1. The summed E-state index contributed by atoms with van der Waals surface area (Å²) < 4.78 is 20.8. The molecule has 1 aromatic carbocycles. The molecule has 3 amide bonds. The molecule has 194 valence electrons. The Bertz CT molecular complexity index is 974. The molecule has 2 aliphatic rings. The number of carbonyl (C=O) groups excluding carboxylic acids is 4. The molecule has 2 fully saturated rings. The fourth-order valence-corrected chi connectivity index (χ4v) is 3.52. The predicted octanol–water partition coefficient (Wildman–Crippen LogP) is -2.59. The molecule has 0 saturated carbocycles. The monoisotopic (exact) mass is 508 g/mol. The van der Waals surface area contributed by atoms with Crippen molar-refractivity contribution >= 4 is 37.1 Å². The lowest BCUT2D eigenvalue weighted by molar-refractivity contribution is -0.277. The van der Waals surface area contributed by atoms with Gasteiger partial charge in [-0.3, -0.25) is 14.9 Å². The van der Waals surface area contributed by atoms with Crippen molar-refractivity contribution in [3.63, 3.8) is 0 Å². The number of rotatable bonds is 10. The Labute approximate surface area is 206 Å². The minimum absolute atomic E-state index is 0.0224. The second-order valence-electron chi connectivity index (χ2n) is 7.95. The van der Waals surface area contributed by atoms with Gasteiger partial charge < -0.3 is 44.2 Å². The number of aliphatic hydroxyl groups is 4. The number of benzene rings is 1. The highest BCUT2D eigenvalue weighted by atomic mass is 16.7. The van der Waals surface area contributed by atoms with Crippen LogP contribution in [-0.4, -0.2) is 103 Å². The fourth-order valence-electron chi connectivity index (χ4n) is 3.52. The summed E-state index contributed by atoms with van der Waals surface area (Å²) in [5.74, 6) is -1.11. The molecule has 5 atom stereocenters. The van der Waals surface area contributed by atoms with E-state index in [1.807, 2.05) is 0 Å². The Morgan fingerprint density at radius 3 is 2.44 bits per heavy atom. The zero-order valence-electron chi connectivity index (χ0n) is 18.9. The maximum atomic E-state index is 12.4. The number of hydrogen-bond donors (Lipinski definition) is 5. The quantitative estimate of drug-likeness (QED) is 0.0958. The van der Waals surface area contributed by atoms with Crippen molar-refractivity contribution in [1.29, 1.82) is 0 Å². The van der Waals surface area contributed by atoms with Crippen molar-refractivity contribution in [2.24, 2.45) is 0 Å². The number of aliphatic hydroxyl groups excluding tert-OH is 4. The summed E-state index contributed by atoms with van der Waals surface area (Å²) in [7, 11) is 4.91. The van der Waals surface area contributed by atoms with Gasteiger partial charge in [0.05, 0.1) is 18.9 Å². The number of amides is 3. The summed E-state index contributed by atoms with van der Waals surface area (Å²) in [6, 6.07) is 4.14. The fraction of sp³-hybridized carbons (Fsp3) is 0.524. The van der Waals surface area contributed by atoms with E-state index in [0.29, 0.717) is 5.56 Å². The highest BCUT2D eigenvalue weighted by Gasteiger charge is 2.45. The Kier molecular flexibility index (Phi) is 9.36. The van der Waals surface area contributed by atoms with Crippen LogP contribution in [0.15, 0.2) is 18.2 Å². The smallest absolute Gasteiger partial charge is 0.409 e. The second-order valence-corrected chi connectivity index (χ2v) is 7.95. The third-order valence-corrected chi connectivity index (χ3v) is 5.34. The summed E-state index contributed by atoms with van der Waals surface area (Å²) in [6.07, 6.45) is -8.75. The van der Waals surface area contributed by atoms with Crippen molar-refractivity contribution in [1.82, 2.24) is 5.32 Å². The molecule has 0 aliphatic carbocycles. The molecule has 3 rings (SSSR count). The average molecular weight is 508 g/mol. The third kappa shape index (κ3) is 6.57. The molecule has 5 N–H and O–H groups in total. The van der Waals surface area contributed by atoms with Crippen LogP contribution < -0.4 is 15.0 Å². The Morgan fingerprint density at radius 2 is 1.81 bits per heavy atom. The molecule has 0 aromatic heterocycles. The first-order valence-corrected chi connectivity index (χ1v) is 10.8. The van der Waals surface area contributed by atoms with Crippen LogP contribution in [0.25, 0.3) is 0 Å². The summed E-state index contributed by atoms with van der Waals surface area (Å²) >= 11 is 0. The van der Waals surface area contributed by atoms with Crippen LogP contribution in [0, 0.1) is 0 Å². The SMILES string of the molecule is [B]C(=O)COCNC(=O)OCc1ccc(O[C@@H]2O[C@H](CO)[C@H](O)[C@H](O)[C@H]2O)c(N2C(=O)CCC2=O)c1. The zero-order chi connectivity index (χ0) is 26.4. The second kappa shape index (κ2) is 12.2. The Morgan fingerprint density at radius 1 is 1.11 bits per heavy atom. The summed E-state index contributed by atoms with van der Waals surface area (Å²) in [5.41, 5.74) is -0.382. The van der Waals surface area contributed by atoms with Gasteiger partial charge in [0, 0.05) is 12.8 Å². The lowest BCUT2D eigenvalue weighted by atomic mass is 9.99. The van der Waals surface area contributed by atoms with Crippen LogP contribution in [0.1, 0.15) is 18.4 Å². The first kappa shape index (κ1) is 27.5. The number of ether oxygens (including phenoxy) is 4. The number of hydrogen-bond acceptors (Lipinski definition) is 12. The number of nitrogens with zero attached hydrogens (tertiary/aromatic N) is 1. The molecule has 15 heteroatoms. The molecule has 2 radical (unpaired) electrons. The van der Waals surface area contributed by atoms with E-state index in [2.05, 4.69) is 5.32 Å². The molecule has 36 heavy (non-hydrogen) atoms. The van der Waals surface area contributed by atoms with E-state index in [1.54, 1.807) is 0 Å². The third-order valence-electron chi connectivity index (χ3n) is 5.34.